The second-order valence-electron chi connectivity index (χ2n) is 4.10. The molecule has 2 rings (SSSR count). The van der Waals surface area contributed by atoms with Crippen LogP contribution in [0.25, 0.3) is 0 Å². The van der Waals surface area contributed by atoms with Gasteiger partial charge in [-0.3, -0.25) is 4.72 Å². The van der Waals surface area contributed by atoms with Gasteiger partial charge in [0, 0.05) is 10.2 Å². The van der Waals surface area contributed by atoms with Crippen molar-refractivity contribution in [3.05, 3.63) is 52.3 Å². The first kappa shape index (κ1) is 15.3. The maximum atomic E-state index is 13.8. The van der Waals surface area contributed by atoms with Gasteiger partial charge in [0.2, 0.25) is 0 Å². The van der Waals surface area contributed by atoms with E-state index in [0.717, 1.165) is 12.1 Å². The molecular weight excluding hydrogens is 361 g/mol. The van der Waals surface area contributed by atoms with Gasteiger partial charge in [0.25, 0.3) is 10.0 Å². The zero-order valence-corrected chi connectivity index (χ0v) is 12.9. The molecule has 0 bridgehead atoms. The number of nitrogen functional groups attached to an aromatic ring is 1. The van der Waals surface area contributed by atoms with Crippen molar-refractivity contribution in [1.82, 2.24) is 0 Å². The molecule has 0 fully saturated rings. The van der Waals surface area contributed by atoms with Crippen LogP contribution >= 0.6 is 15.9 Å². The Kier molecular flexibility index (Phi) is 4.16. The molecule has 21 heavy (non-hydrogen) atoms. The van der Waals surface area contributed by atoms with Gasteiger partial charge in [0.05, 0.1) is 17.3 Å². The maximum Gasteiger partial charge on any atom is 0.264 e. The normalized spacial score (nSPS) is 10.9. The Bertz CT molecular complexity index is 847. The van der Waals surface area contributed by atoms with Crippen molar-refractivity contribution >= 4 is 37.3 Å². The first-order chi connectivity index (χ1) is 9.83. The predicted molar refractivity (Wildman–Crippen MR) is 80.5 cm³/mol. The molecule has 0 saturated carbocycles. The van der Waals surface area contributed by atoms with E-state index >= 15 is 0 Å². The number of rotatable bonds is 3. The van der Waals surface area contributed by atoms with Gasteiger partial charge in [-0.2, -0.15) is 5.26 Å². The summed E-state index contributed by atoms with van der Waals surface area (Å²) in [4.78, 5) is -0.564. The summed E-state index contributed by atoms with van der Waals surface area (Å²) in [5.41, 5.74) is 6.12. The van der Waals surface area contributed by atoms with E-state index in [1.807, 2.05) is 6.07 Å². The number of benzene rings is 2. The van der Waals surface area contributed by atoms with Crippen molar-refractivity contribution in [3.63, 3.8) is 0 Å². The van der Waals surface area contributed by atoms with Crippen molar-refractivity contribution in [3.8, 4) is 6.07 Å². The topological polar surface area (TPSA) is 96.0 Å². The van der Waals surface area contributed by atoms with E-state index in [4.69, 9.17) is 11.0 Å². The van der Waals surface area contributed by atoms with E-state index in [0.29, 0.717) is 0 Å². The fourth-order valence-corrected chi connectivity index (χ4v) is 3.07. The third-order valence-corrected chi connectivity index (χ3v) is 4.67. The molecule has 0 atom stereocenters. The Morgan fingerprint density at radius 1 is 1.29 bits per heavy atom. The molecule has 0 amide bonds. The molecule has 0 aliphatic heterocycles. The highest BCUT2D eigenvalue weighted by Crippen LogP contribution is 2.27. The van der Waals surface area contributed by atoms with Gasteiger partial charge >= 0.3 is 0 Å². The molecule has 108 valence electrons. The molecule has 3 N–H and O–H groups in total. The Labute approximate surface area is 129 Å². The average Bonchev–Trinajstić information content (AvgIpc) is 2.42. The molecule has 0 radical (unpaired) electrons. The van der Waals surface area contributed by atoms with E-state index < -0.39 is 20.7 Å². The van der Waals surface area contributed by atoms with Crippen LogP contribution in [0.15, 0.2) is 45.8 Å². The van der Waals surface area contributed by atoms with Gasteiger partial charge in [-0.1, -0.05) is 6.07 Å². The van der Waals surface area contributed by atoms with E-state index in [-0.39, 0.29) is 21.4 Å². The number of nitrogens with two attached hydrogens (primary N) is 1. The summed E-state index contributed by atoms with van der Waals surface area (Å²) in [7, 11) is -4.14. The number of nitrogens with zero attached hydrogens (tertiary/aromatic N) is 1. The minimum Gasteiger partial charge on any atom is -0.398 e. The largest absolute Gasteiger partial charge is 0.398 e. The highest BCUT2D eigenvalue weighted by atomic mass is 79.9. The number of halogens is 2. The van der Waals surface area contributed by atoms with E-state index in [9.17, 15) is 12.8 Å². The van der Waals surface area contributed by atoms with Gasteiger partial charge in [-0.25, -0.2) is 12.8 Å². The zero-order valence-electron chi connectivity index (χ0n) is 10.5. The Balaban J connectivity index is 2.43. The molecule has 8 heteroatoms. The molecule has 0 heterocycles. The lowest BCUT2D eigenvalue weighted by atomic mass is 10.2. The van der Waals surface area contributed by atoms with Crippen LogP contribution in [0.1, 0.15) is 5.56 Å². The number of sulfonamides is 1. The van der Waals surface area contributed by atoms with Crippen molar-refractivity contribution in [2.24, 2.45) is 0 Å². The molecule has 2 aromatic carbocycles. The lowest BCUT2D eigenvalue weighted by Gasteiger charge is -2.10. The lowest BCUT2D eigenvalue weighted by Crippen LogP contribution is -2.15. The molecular formula is C13H9BrFN3O2S. The minimum atomic E-state index is -4.14. The smallest absolute Gasteiger partial charge is 0.264 e. The standard InChI is InChI=1S/C13H9BrFN3O2S/c14-10-5-11(15)13(6-12(10)17)21(19,20)18-9-3-1-2-8(4-9)7-16/h1-6,18H,17H2. The van der Waals surface area contributed by atoms with Gasteiger partial charge in [-0.05, 0) is 46.3 Å². The number of nitrogens with one attached hydrogen (secondary N) is 1. The fraction of sp³-hybridized carbons (Fsp3) is 0. The summed E-state index contributed by atoms with van der Waals surface area (Å²) in [6, 6.07) is 9.73. The quantitative estimate of drug-likeness (QED) is 0.812. The van der Waals surface area contributed by atoms with Crippen LogP contribution in [-0.4, -0.2) is 8.42 Å². The molecule has 0 aliphatic rings. The summed E-state index contributed by atoms with van der Waals surface area (Å²) in [5, 5.41) is 8.78. The third-order valence-electron chi connectivity index (χ3n) is 2.58. The van der Waals surface area contributed by atoms with Gasteiger partial charge in [0.1, 0.15) is 10.7 Å². The third kappa shape index (κ3) is 3.32. The molecule has 0 unspecified atom stereocenters. The summed E-state index contributed by atoms with van der Waals surface area (Å²) in [5.74, 6) is -0.931. The number of hydrogen-bond acceptors (Lipinski definition) is 4. The first-order valence-electron chi connectivity index (χ1n) is 5.61. The van der Waals surface area contributed by atoms with E-state index in [1.165, 1.54) is 24.3 Å². The second kappa shape index (κ2) is 5.71. The fourth-order valence-electron chi connectivity index (χ4n) is 1.61. The van der Waals surface area contributed by atoms with Gasteiger partial charge in [0.15, 0.2) is 0 Å². The van der Waals surface area contributed by atoms with Crippen molar-refractivity contribution in [2.45, 2.75) is 4.90 Å². The molecule has 0 aliphatic carbocycles. The van der Waals surface area contributed by atoms with Crippen LogP contribution in [0.2, 0.25) is 0 Å². The summed E-state index contributed by atoms with van der Waals surface area (Å²) < 4.78 is 40.7. The molecule has 2 aromatic rings. The van der Waals surface area contributed by atoms with Crippen LogP contribution in [0, 0.1) is 17.1 Å². The summed E-state index contributed by atoms with van der Waals surface area (Å²) in [6.45, 7) is 0. The van der Waals surface area contributed by atoms with Crippen molar-refractivity contribution in [2.75, 3.05) is 10.5 Å². The maximum absolute atomic E-state index is 13.8. The predicted octanol–water partition coefficient (Wildman–Crippen LogP) is 2.84. The Morgan fingerprint density at radius 2 is 2.00 bits per heavy atom. The van der Waals surface area contributed by atoms with E-state index in [1.54, 1.807) is 0 Å². The molecule has 0 saturated heterocycles. The van der Waals surface area contributed by atoms with Crippen LogP contribution in [0.4, 0.5) is 15.8 Å². The summed E-state index contributed by atoms with van der Waals surface area (Å²) >= 11 is 3.02. The zero-order chi connectivity index (χ0) is 15.6. The van der Waals surface area contributed by atoms with Crippen LogP contribution < -0.4 is 10.5 Å². The van der Waals surface area contributed by atoms with Crippen LogP contribution in [0.5, 0.6) is 0 Å². The lowest BCUT2D eigenvalue weighted by molar-refractivity contribution is 0.570. The molecule has 0 spiro atoms. The highest BCUT2D eigenvalue weighted by Gasteiger charge is 2.21. The van der Waals surface area contributed by atoms with Crippen LogP contribution in [-0.2, 0) is 10.0 Å². The van der Waals surface area contributed by atoms with Crippen molar-refractivity contribution in [1.29, 1.82) is 5.26 Å². The first-order valence-corrected chi connectivity index (χ1v) is 7.88. The second-order valence-corrected chi connectivity index (χ2v) is 6.61. The summed E-state index contributed by atoms with van der Waals surface area (Å²) in [6.07, 6.45) is 0. The monoisotopic (exact) mass is 369 g/mol. The minimum absolute atomic E-state index is 0.0996. The number of hydrogen-bond donors (Lipinski definition) is 2. The van der Waals surface area contributed by atoms with E-state index in [2.05, 4.69) is 20.7 Å². The SMILES string of the molecule is N#Cc1cccc(NS(=O)(=O)c2cc(N)c(Br)cc2F)c1. The number of anilines is 2. The van der Waals surface area contributed by atoms with Gasteiger partial charge < -0.3 is 5.73 Å². The highest BCUT2D eigenvalue weighted by molar-refractivity contribution is 9.10. The Hall–Kier alpha value is -2.11. The molecule has 0 aromatic heterocycles. The van der Waals surface area contributed by atoms with Gasteiger partial charge in [-0.15, -0.1) is 0 Å². The number of nitriles is 1. The molecule has 5 nitrogen and oxygen atoms in total. The van der Waals surface area contributed by atoms with Crippen molar-refractivity contribution < 1.29 is 12.8 Å². The van der Waals surface area contributed by atoms with Crippen LogP contribution in [0.3, 0.4) is 0 Å². The average molecular weight is 370 g/mol. The Morgan fingerprint density at radius 3 is 2.67 bits per heavy atom.